The van der Waals surface area contributed by atoms with Crippen LogP contribution in [0.15, 0.2) is 30.3 Å². The summed E-state index contributed by atoms with van der Waals surface area (Å²) in [4.78, 5) is 30.0. The van der Waals surface area contributed by atoms with Gasteiger partial charge >= 0.3 is 0 Å². The maximum Gasteiger partial charge on any atom is 0.253 e. The number of amides is 2. The van der Waals surface area contributed by atoms with Gasteiger partial charge in [0.05, 0.1) is 5.41 Å². The van der Waals surface area contributed by atoms with Gasteiger partial charge in [-0.25, -0.2) is 0 Å². The van der Waals surface area contributed by atoms with E-state index in [1.54, 1.807) is 0 Å². The summed E-state index contributed by atoms with van der Waals surface area (Å²) in [5, 5.41) is 3.22. The highest BCUT2D eigenvalue weighted by Gasteiger charge is 2.42. The normalized spacial score (nSPS) is 24.1. The predicted molar refractivity (Wildman–Crippen MR) is 108 cm³/mol. The molecule has 0 saturated carbocycles. The lowest BCUT2D eigenvalue weighted by Crippen LogP contribution is -2.54. The SMILES string of the molecule is CNCCC1CCN(C(=O)C2(C)CCCN(C(=O)c3ccccc3)C2)CC1. The zero-order valence-electron chi connectivity index (χ0n) is 16.7. The molecule has 2 heterocycles. The predicted octanol–water partition coefficient (Wildman–Crippen LogP) is 2.78. The van der Waals surface area contributed by atoms with Gasteiger partial charge in [0.2, 0.25) is 5.91 Å². The summed E-state index contributed by atoms with van der Waals surface area (Å²) >= 11 is 0. The number of carbonyl (C=O) groups excluding carboxylic acids is 2. The van der Waals surface area contributed by atoms with Crippen molar-refractivity contribution in [1.29, 1.82) is 0 Å². The zero-order chi connectivity index (χ0) is 19.3. The fourth-order valence-corrected chi connectivity index (χ4v) is 4.51. The quantitative estimate of drug-likeness (QED) is 0.866. The minimum Gasteiger partial charge on any atom is -0.342 e. The molecule has 5 heteroatoms. The van der Waals surface area contributed by atoms with Crippen molar-refractivity contribution in [3.8, 4) is 0 Å². The zero-order valence-corrected chi connectivity index (χ0v) is 16.7. The van der Waals surface area contributed by atoms with Crippen molar-refractivity contribution in [1.82, 2.24) is 15.1 Å². The maximum atomic E-state index is 13.3. The summed E-state index contributed by atoms with van der Waals surface area (Å²) in [6.07, 6.45) is 5.13. The Hall–Kier alpha value is -1.88. The van der Waals surface area contributed by atoms with Crippen molar-refractivity contribution in [2.45, 2.75) is 39.0 Å². The van der Waals surface area contributed by atoms with E-state index in [1.807, 2.05) is 54.1 Å². The van der Waals surface area contributed by atoms with Gasteiger partial charge in [-0.15, -0.1) is 0 Å². The summed E-state index contributed by atoms with van der Waals surface area (Å²) in [7, 11) is 1.99. The van der Waals surface area contributed by atoms with E-state index >= 15 is 0 Å². The Bertz CT molecular complexity index is 640. The van der Waals surface area contributed by atoms with Crippen LogP contribution in [0.25, 0.3) is 0 Å². The molecular weight excluding hydrogens is 338 g/mol. The Labute approximate surface area is 163 Å². The topological polar surface area (TPSA) is 52.7 Å². The first kappa shape index (κ1) is 19.9. The number of piperidine rings is 2. The number of nitrogens with one attached hydrogen (secondary N) is 1. The van der Waals surface area contributed by atoms with Crippen LogP contribution < -0.4 is 5.32 Å². The van der Waals surface area contributed by atoms with Crippen molar-refractivity contribution in [2.24, 2.45) is 11.3 Å². The van der Waals surface area contributed by atoms with Crippen LogP contribution >= 0.6 is 0 Å². The minimum atomic E-state index is -0.458. The summed E-state index contributed by atoms with van der Waals surface area (Å²) in [5.41, 5.74) is 0.250. The largest absolute Gasteiger partial charge is 0.342 e. The van der Waals surface area contributed by atoms with Gasteiger partial charge in [-0.1, -0.05) is 18.2 Å². The molecule has 0 aromatic heterocycles. The second kappa shape index (κ2) is 8.87. The van der Waals surface area contributed by atoms with Crippen LogP contribution in [-0.4, -0.2) is 61.4 Å². The first-order valence-corrected chi connectivity index (χ1v) is 10.3. The summed E-state index contributed by atoms with van der Waals surface area (Å²) in [6, 6.07) is 9.40. The highest BCUT2D eigenvalue weighted by molar-refractivity contribution is 5.95. The van der Waals surface area contributed by atoms with E-state index in [4.69, 9.17) is 0 Å². The van der Waals surface area contributed by atoms with E-state index in [-0.39, 0.29) is 11.8 Å². The van der Waals surface area contributed by atoms with E-state index in [1.165, 1.54) is 6.42 Å². The van der Waals surface area contributed by atoms with Gasteiger partial charge in [0.15, 0.2) is 0 Å². The fourth-order valence-electron chi connectivity index (χ4n) is 4.51. The first-order valence-electron chi connectivity index (χ1n) is 10.3. The van der Waals surface area contributed by atoms with Crippen molar-refractivity contribution in [2.75, 3.05) is 39.8 Å². The molecule has 0 bridgehead atoms. The Morgan fingerprint density at radius 1 is 1.11 bits per heavy atom. The van der Waals surface area contributed by atoms with Gasteiger partial charge in [0, 0.05) is 31.7 Å². The Kier molecular flexibility index (Phi) is 6.53. The number of benzene rings is 1. The van der Waals surface area contributed by atoms with Crippen LogP contribution in [0.4, 0.5) is 0 Å². The van der Waals surface area contributed by atoms with E-state index in [2.05, 4.69) is 5.32 Å². The second-order valence-electron chi connectivity index (χ2n) is 8.38. The maximum absolute atomic E-state index is 13.3. The molecule has 2 aliphatic heterocycles. The average molecular weight is 372 g/mol. The number of hydrogen-bond donors (Lipinski definition) is 1. The molecule has 2 amide bonds. The molecule has 0 radical (unpaired) electrons. The molecule has 2 saturated heterocycles. The molecule has 2 aliphatic rings. The van der Waals surface area contributed by atoms with Gasteiger partial charge in [-0.05, 0) is 70.7 Å². The molecule has 5 nitrogen and oxygen atoms in total. The van der Waals surface area contributed by atoms with E-state index in [0.29, 0.717) is 12.1 Å². The highest BCUT2D eigenvalue weighted by atomic mass is 16.2. The fraction of sp³-hybridized carbons (Fsp3) is 0.636. The molecule has 27 heavy (non-hydrogen) atoms. The molecule has 1 aromatic carbocycles. The molecular formula is C22H33N3O2. The van der Waals surface area contributed by atoms with Crippen LogP contribution in [0, 0.1) is 11.3 Å². The van der Waals surface area contributed by atoms with Crippen LogP contribution in [-0.2, 0) is 4.79 Å². The van der Waals surface area contributed by atoms with E-state index < -0.39 is 5.41 Å². The lowest BCUT2D eigenvalue weighted by atomic mass is 9.79. The molecule has 3 rings (SSSR count). The lowest BCUT2D eigenvalue weighted by molar-refractivity contribution is -0.145. The summed E-state index contributed by atoms with van der Waals surface area (Å²) in [6.45, 7) is 6.08. The molecule has 1 atom stereocenters. The third kappa shape index (κ3) is 4.70. The standard InChI is InChI=1S/C22H33N3O2/c1-22(21(27)24-15-10-18(11-16-24)9-13-23-2)12-6-14-25(17-22)20(26)19-7-4-3-5-8-19/h3-5,7-8,18,23H,6,9-17H2,1-2H3. The Morgan fingerprint density at radius 2 is 1.81 bits per heavy atom. The Morgan fingerprint density at radius 3 is 2.48 bits per heavy atom. The molecule has 0 aliphatic carbocycles. The van der Waals surface area contributed by atoms with Gasteiger partial charge in [0.25, 0.3) is 5.91 Å². The number of nitrogens with zero attached hydrogens (tertiary/aromatic N) is 2. The monoisotopic (exact) mass is 371 g/mol. The average Bonchev–Trinajstić information content (AvgIpc) is 2.72. The van der Waals surface area contributed by atoms with Crippen LogP contribution in [0.1, 0.15) is 49.4 Å². The second-order valence-corrected chi connectivity index (χ2v) is 8.38. The summed E-state index contributed by atoms with van der Waals surface area (Å²) < 4.78 is 0. The molecule has 1 aromatic rings. The van der Waals surface area contributed by atoms with Crippen molar-refractivity contribution in [3.05, 3.63) is 35.9 Å². The third-order valence-electron chi connectivity index (χ3n) is 6.23. The van der Waals surface area contributed by atoms with Gasteiger partial charge in [-0.3, -0.25) is 9.59 Å². The highest BCUT2D eigenvalue weighted by Crippen LogP contribution is 2.34. The Balaban J connectivity index is 1.60. The lowest BCUT2D eigenvalue weighted by Gasteiger charge is -2.43. The first-order chi connectivity index (χ1) is 13.0. The molecule has 2 fully saturated rings. The smallest absolute Gasteiger partial charge is 0.253 e. The molecule has 148 valence electrons. The van der Waals surface area contributed by atoms with Crippen molar-refractivity contribution >= 4 is 11.8 Å². The van der Waals surface area contributed by atoms with Crippen molar-refractivity contribution < 1.29 is 9.59 Å². The van der Waals surface area contributed by atoms with Gasteiger partial charge in [0.1, 0.15) is 0 Å². The van der Waals surface area contributed by atoms with E-state index in [0.717, 1.165) is 57.8 Å². The van der Waals surface area contributed by atoms with E-state index in [9.17, 15) is 9.59 Å². The minimum absolute atomic E-state index is 0.0418. The van der Waals surface area contributed by atoms with Gasteiger partial charge < -0.3 is 15.1 Å². The summed E-state index contributed by atoms with van der Waals surface area (Å²) in [5.74, 6) is 0.997. The molecule has 1 N–H and O–H groups in total. The number of rotatable bonds is 5. The third-order valence-corrected chi connectivity index (χ3v) is 6.23. The van der Waals surface area contributed by atoms with Crippen LogP contribution in [0.5, 0.6) is 0 Å². The van der Waals surface area contributed by atoms with Gasteiger partial charge in [-0.2, -0.15) is 0 Å². The van der Waals surface area contributed by atoms with Crippen molar-refractivity contribution in [3.63, 3.8) is 0 Å². The number of likely N-dealkylation sites (tertiary alicyclic amines) is 2. The number of carbonyl (C=O) groups is 2. The van der Waals surface area contributed by atoms with Crippen LogP contribution in [0.3, 0.4) is 0 Å². The van der Waals surface area contributed by atoms with Crippen LogP contribution in [0.2, 0.25) is 0 Å². The number of hydrogen-bond acceptors (Lipinski definition) is 3. The molecule has 1 unspecified atom stereocenters. The molecule has 0 spiro atoms.